The second kappa shape index (κ2) is 11.4. The number of aliphatic imine (C=N–C) groups is 1. The summed E-state index contributed by atoms with van der Waals surface area (Å²) in [6.07, 6.45) is 7.53. The summed E-state index contributed by atoms with van der Waals surface area (Å²) >= 11 is 0. The summed E-state index contributed by atoms with van der Waals surface area (Å²) in [5.41, 5.74) is 0. The summed E-state index contributed by atoms with van der Waals surface area (Å²) in [6, 6.07) is 0.385. The summed E-state index contributed by atoms with van der Waals surface area (Å²) < 4.78 is 5.44. The van der Waals surface area contributed by atoms with Crippen LogP contribution >= 0.6 is 0 Å². The maximum atomic E-state index is 12.5. The molecule has 6 nitrogen and oxygen atoms in total. The largest absolute Gasteiger partial charge is 0.381 e. The molecule has 1 amide bonds. The fraction of sp³-hybridized carbons (Fsp3) is 0.900. The van der Waals surface area contributed by atoms with Gasteiger partial charge in [0.15, 0.2) is 5.96 Å². The molecule has 0 saturated carbocycles. The van der Waals surface area contributed by atoms with Crippen molar-refractivity contribution in [2.75, 3.05) is 46.4 Å². The van der Waals surface area contributed by atoms with Gasteiger partial charge in [-0.3, -0.25) is 9.79 Å². The van der Waals surface area contributed by atoms with Crippen molar-refractivity contribution < 1.29 is 9.53 Å². The molecular formula is C20H38N4O2. The molecular weight excluding hydrogens is 328 g/mol. The zero-order valence-electron chi connectivity index (χ0n) is 17.0. The molecule has 2 aliphatic rings. The van der Waals surface area contributed by atoms with E-state index in [1.54, 1.807) is 0 Å². The first-order valence-corrected chi connectivity index (χ1v) is 10.5. The number of carbonyl (C=O) groups excluding carboxylic acids is 1. The van der Waals surface area contributed by atoms with Gasteiger partial charge in [0.2, 0.25) is 5.91 Å². The summed E-state index contributed by atoms with van der Waals surface area (Å²) in [7, 11) is 2.09. The molecule has 1 unspecified atom stereocenters. The van der Waals surface area contributed by atoms with Crippen LogP contribution in [0.3, 0.4) is 0 Å². The van der Waals surface area contributed by atoms with E-state index in [4.69, 9.17) is 9.73 Å². The van der Waals surface area contributed by atoms with Gasteiger partial charge in [-0.1, -0.05) is 0 Å². The minimum absolute atomic E-state index is 0.252. The molecule has 1 atom stereocenters. The Morgan fingerprint density at radius 3 is 2.73 bits per heavy atom. The number of piperidine rings is 1. The van der Waals surface area contributed by atoms with Gasteiger partial charge in [0.25, 0.3) is 0 Å². The van der Waals surface area contributed by atoms with Gasteiger partial charge in [-0.2, -0.15) is 0 Å². The number of hydrogen-bond acceptors (Lipinski definition) is 3. The van der Waals surface area contributed by atoms with E-state index in [1.165, 1.54) is 25.7 Å². The van der Waals surface area contributed by atoms with Crippen molar-refractivity contribution in [3.63, 3.8) is 0 Å². The Hall–Kier alpha value is -1.30. The third kappa shape index (κ3) is 6.78. The van der Waals surface area contributed by atoms with Crippen molar-refractivity contribution in [3.05, 3.63) is 0 Å². The number of hydrogen-bond donors (Lipinski definition) is 1. The average molecular weight is 367 g/mol. The van der Waals surface area contributed by atoms with Crippen molar-refractivity contribution in [3.8, 4) is 0 Å². The van der Waals surface area contributed by atoms with Crippen molar-refractivity contribution in [1.82, 2.24) is 15.1 Å². The molecule has 2 aliphatic heterocycles. The van der Waals surface area contributed by atoms with Gasteiger partial charge in [0.05, 0.1) is 6.54 Å². The smallest absolute Gasteiger partial charge is 0.224 e. The van der Waals surface area contributed by atoms with Gasteiger partial charge in [-0.15, -0.1) is 0 Å². The second-order valence-electron chi connectivity index (χ2n) is 7.68. The van der Waals surface area contributed by atoms with Crippen LogP contribution in [0.1, 0.15) is 58.8 Å². The standard InChI is InChI=1S/C20H38N4O2/c1-4-21-20(23(3)14-9-18-10-15-26-16-11-18)22-12-8-19(25)24-13-6-5-7-17(24)2/h17-18H,4-16H2,1-3H3,(H,21,22). The van der Waals surface area contributed by atoms with Crippen molar-refractivity contribution >= 4 is 11.9 Å². The SMILES string of the molecule is CCNC(=NCCC(=O)N1CCCCC1C)N(C)CCC1CCOCC1. The number of guanidine groups is 1. The van der Waals surface area contributed by atoms with E-state index < -0.39 is 0 Å². The molecule has 2 saturated heterocycles. The second-order valence-corrected chi connectivity index (χ2v) is 7.68. The van der Waals surface area contributed by atoms with Crippen LogP contribution in [0.15, 0.2) is 4.99 Å². The maximum absolute atomic E-state index is 12.5. The van der Waals surface area contributed by atoms with Crippen LogP contribution < -0.4 is 5.32 Å². The topological polar surface area (TPSA) is 57.2 Å². The van der Waals surface area contributed by atoms with E-state index in [0.717, 1.165) is 57.6 Å². The zero-order valence-corrected chi connectivity index (χ0v) is 17.0. The Morgan fingerprint density at radius 1 is 1.27 bits per heavy atom. The van der Waals surface area contributed by atoms with E-state index in [9.17, 15) is 4.79 Å². The molecule has 150 valence electrons. The summed E-state index contributed by atoms with van der Waals surface area (Å²) in [6.45, 7) is 9.36. The molecule has 6 heteroatoms. The lowest BCUT2D eigenvalue weighted by Crippen LogP contribution is -2.42. The number of nitrogens with one attached hydrogen (secondary N) is 1. The molecule has 0 aromatic heterocycles. The summed E-state index contributed by atoms with van der Waals surface area (Å²) in [5.74, 6) is 1.93. The fourth-order valence-electron chi connectivity index (χ4n) is 3.86. The van der Waals surface area contributed by atoms with E-state index in [0.29, 0.717) is 19.0 Å². The molecule has 0 aromatic rings. The maximum Gasteiger partial charge on any atom is 0.224 e. The Bertz CT molecular complexity index is 449. The number of amides is 1. The number of likely N-dealkylation sites (tertiary alicyclic amines) is 1. The first kappa shape index (κ1) is 21.0. The predicted octanol–water partition coefficient (Wildman–Crippen LogP) is 2.49. The number of nitrogens with zero attached hydrogens (tertiary/aromatic N) is 3. The van der Waals surface area contributed by atoms with E-state index in [-0.39, 0.29) is 5.91 Å². The minimum Gasteiger partial charge on any atom is -0.381 e. The monoisotopic (exact) mass is 366 g/mol. The molecule has 2 fully saturated rings. The van der Waals surface area contributed by atoms with Crippen LogP contribution in [0.5, 0.6) is 0 Å². The average Bonchev–Trinajstić information content (AvgIpc) is 2.66. The Balaban J connectivity index is 1.77. The number of ether oxygens (including phenoxy) is 1. The summed E-state index contributed by atoms with van der Waals surface area (Å²) in [4.78, 5) is 21.4. The highest BCUT2D eigenvalue weighted by Crippen LogP contribution is 2.19. The van der Waals surface area contributed by atoms with Gasteiger partial charge >= 0.3 is 0 Å². The van der Waals surface area contributed by atoms with Crippen LogP contribution in [0.2, 0.25) is 0 Å². The Kier molecular flexibility index (Phi) is 9.23. The lowest BCUT2D eigenvalue weighted by Gasteiger charge is -2.33. The van der Waals surface area contributed by atoms with E-state index >= 15 is 0 Å². The molecule has 0 bridgehead atoms. The van der Waals surface area contributed by atoms with Crippen LogP contribution in [0.4, 0.5) is 0 Å². The minimum atomic E-state index is 0.252. The first-order chi connectivity index (χ1) is 12.6. The molecule has 2 heterocycles. The molecule has 0 aliphatic carbocycles. The van der Waals surface area contributed by atoms with Gasteiger partial charge < -0.3 is 19.9 Å². The Morgan fingerprint density at radius 2 is 2.04 bits per heavy atom. The van der Waals surface area contributed by atoms with Gasteiger partial charge in [0, 0.05) is 52.4 Å². The first-order valence-electron chi connectivity index (χ1n) is 10.5. The molecule has 0 aromatic carbocycles. The molecule has 2 rings (SSSR count). The molecule has 0 radical (unpaired) electrons. The van der Waals surface area contributed by atoms with E-state index in [1.807, 2.05) is 4.90 Å². The molecule has 1 N–H and O–H groups in total. The number of rotatable bonds is 7. The molecule has 26 heavy (non-hydrogen) atoms. The van der Waals surface area contributed by atoms with Crippen molar-refractivity contribution in [2.24, 2.45) is 10.9 Å². The van der Waals surface area contributed by atoms with Crippen LogP contribution in [-0.4, -0.2) is 74.1 Å². The van der Waals surface area contributed by atoms with Gasteiger partial charge in [0.1, 0.15) is 0 Å². The quantitative estimate of drug-likeness (QED) is 0.556. The highest BCUT2D eigenvalue weighted by Gasteiger charge is 2.22. The van der Waals surface area contributed by atoms with Gasteiger partial charge in [-0.25, -0.2) is 0 Å². The third-order valence-corrected chi connectivity index (χ3v) is 5.62. The summed E-state index contributed by atoms with van der Waals surface area (Å²) in [5, 5.41) is 3.36. The lowest BCUT2D eigenvalue weighted by atomic mass is 9.96. The predicted molar refractivity (Wildman–Crippen MR) is 106 cm³/mol. The number of carbonyl (C=O) groups is 1. The highest BCUT2D eigenvalue weighted by atomic mass is 16.5. The van der Waals surface area contributed by atoms with Crippen LogP contribution in [0, 0.1) is 5.92 Å². The Labute approximate surface area is 159 Å². The van der Waals surface area contributed by atoms with Gasteiger partial charge in [-0.05, 0) is 58.3 Å². The highest BCUT2D eigenvalue weighted by molar-refractivity contribution is 5.81. The zero-order chi connectivity index (χ0) is 18.8. The van der Waals surface area contributed by atoms with Crippen molar-refractivity contribution in [1.29, 1.82) is 0 Å². The van der Waals surface area contributed by atoms with Crippen LogP contribution in [0.25, 0.3) is 0 Å². The third-order valence-electron chi connectivity index (χ3n) is 5.62. The normalized spacial score (nSPS) is 22.3. The van der Waals surface area contributed by atoms with E-state index in [2.05, 4.69) is 31.1 Å². The molecule has 0 spiro atoms. The lowest BCUT2D eigenvalue weighted by molar-refractivity contribution is -0.134. The van der Waals surface area contributed by atoms with Crippen LogP contribution in [-0.2, 0) is 9.53 Å². The van der Waals surface area contributed by atoms with Crippen molar-refractivity contribution in [2.45, 2.75) is 64.8 Å². The fourth-order valence-corrected chi connectivity index (χ4v) is 3.86.